The molecule has 0 aromatic rings. The number of aliphatic hydroxyl groups excluding tert-OH is 2. The van der Waals surface area contributed by atoms with E-state index in [2.05, 4.69) is 10.6 Å². The summed E-state index contributed by atoms with van der Waals surface area (Å²) in [7, 11) is 0. The van der Waals surface area contributed by atoms with Gasteiger partial charge in [-0.25, -0.2) is 4.79 Å². The number of aliphatic hydroxyl groups is 2. The summed E-state index contributed by atoms with van der Waals surface area (Å²) in [5.41, 5.74) is 10.4. The number of nitrogens with two attached hydrogens (primary N) is 2. The van der Waals surface area contributed by atoms with Gasteiger partial charge in [-0.1, -0.05) is 0 Å². The number of hydrogen-bond donors (Lipinski definition) is 8. The molecule has 13 heteroatoms. The fourth-order valence-electron chi connectivity index (χ4n) is 1.78. The van der Waals surface area contributed by atoms with Crippen molar-refractivity contribution < 1.29 is 39.3 Å². The Bertz CT molecular complexity index is 570. The van der Waals surface area contributed by atoms with Crippen LogP contribution in [0.4, 0.5) is 0 Å². The first-order valence-corrected chi connectivity index (χ1v) is 7.93. The molecule has 0 heterocycles. The second kappa shape index (κ2) is 11.8. The lowest BCUT2D eigenvalue weighted by Crippen LogP contribution is -2.57. The van der Waals surface area contributed by atoms with Crippen LogP contribution in [0.15, 0.2) is 0 Å². The minimum atomic E-state index is -1.55. The van der Waals surface area contributed by atoms with Crippen LogP contribution in [0.25, 0.3) is 0 Å². The van der Waals surface area contributed by atoms with E-state index in [1.165, 1.54) is 6.92 Å². The zero-order valence-electron chi connectivity index (χ0n) is 14.7. The molecule has 154 valence electrons. The molecule has 0 aromatic heterocycles. The van der Waals surface area contributed by atoms with Crippen LogP contribution in [0.5, 0.6) is 0 Å². The molecule has 0 saturated heterocycles. The van der Waals surface area contributed by atoms with Crippen molar-refractivity contribution >= 4 is 29.6 Å². The van der Waals surface area contributed by atoms with Crippen molar-refractivity contribution in [3.05, 3.63) is 0 Å². The highest BCUT2D eigenvalue weighted by Crippen LogP contribution is 2.00. The second-order valence-electron chi connectivity index (χ2n) is 5.67. The van der Waals surface area contributed by atoms with Crippen molar-refractivity contribution in [3.63, 3.8) is 0 Å². The lowest BCUT2D eigenvalue weighted by atomic mass is 10.1. The Morgan fingerprint density at radius 1 is 0.889 bits per heavy atom. The highest BCUT2D eigenvalue weighted by molar-refractivity contribution is 5.94. The van der Waals surface area contributed by atoms with E-state index < -0.39 is 67.0 Å². The molecule has 0 aromatic carbocycles. The lowest BCUT2D eigenvalue weighted by molar-refractivity contribution is -0.143. The average Bonchev–Trinajstić information content (AvgIpc) is 2.60. The van der Waals surface area contributed by atoms with Crippen LogP contribution >= 0.6 is 0 Å². The van der Waals surface area contributed by atoms with E-state index in [0.717, 1.165) is 0 Å². The van der Waals surface area contributed by atoms with Crippen LogP contribution in [0.3, 0.4) is 0 Å². The van der Waals surface area contributed by atoms with E-state index >= 15 is 0 Å². The molecular formula is C14H25N5O8. The Balaban J connectivity index is 4.98. The third kappa shape index (κ3) is 8.94. The Morgan fingerprint density at radius 3 is 1.89 bits per heavy atom. The third-order valence-corrected chi connectivity index (χ3v) is 3.40. The lowest BCUT2D eigenvalue weighted by Gasteiger charge is -2.22. The molecule has 0 fully saturated rings. The van der Waals surface area contributed by atoms with Crippen molar-refractivity contribution in [1.29, 1.82) is 0 Å². The summed E-state index contributed by atoms with van der Waals surface area (Å²) in [6, 6.07) is -5.34. The van der Waals surface area contributed by atoms with E-state index in [1.807, 2.05) is 5.32 Å². The summed E-state index contributed by atoms with van der Waals surface area (Å²) < 4.78 is 0. The number of carbonyl (C=O) groups excluding carboxylic acids is 4. The predicted molar refractivity (Wildman–Crippen MR) is 89.7 cm³/mol. The summed E-state index contributed by atoms with van der Waals surface area (Å²) in [6.07, 6.45) is -0.438. The van der Waals surface area contributed by atoms with Gasteiger partial charge in [0.25, 0.3) is 0 Å². The number of rotatable bonds is 12. The number of carbonyl (C=O) groups is 5. The smallest absolute Gasteiger partial charge is 0.328 e. The highest BCUT2D eigenvalue weighted by Gasteiger charge is 2.28. The summed E-state index contributed by atoms with van der Waals surface area (Å²) in [5, 5.41) is 33.0. The molecule has 0 spiro atoms. The molecule has 0 rings (SSSR count). The minimum absolute atomic E-state index is 0.187. The molecule has 4 atom stereocenters. The maximum atomic E-state index is 12.3. The molecule has 27 heavy (non-hydrogen) atoms. The predicted octanol–water partition coefficient (Wildman–Crippen LogP) is -4.88. The van der Waals surface area contributed by atoms with Gasteiger partial charge in [-0.05, 0) is 13.3 Å². The molecule has 10 N–H and O–H groups in total. The van der Waals surface area contributed by atoms with Gasteiger partial charge in [0.2, 0.25) is 23.6 Å². The fraction of sp³-hybridized carbons (Fsp3) is 0.643. The SMILES string of the molecule is C[C@H](NC(=O)[C@H](CCC(N)=O)NC(=O)[C@@H](N)CO)C(=O)N[C@@H](CO)C(=O)O. The Morgan fingerprint density at radius 2 is 1.44 bits per heavy atom. The van der Waals surface area contributed by atoms with Crippen molar-refractivity contribution in [2.75, 3.05) is 13.2 Å². The number of nitrogens with one attached hydrogen (secondary N) is 3. The van der Waals surface area contributed by atoms with Crippen molar-refractivity contribution in [2.24, 2.45) is 11.5 Å². The quantitative estimate of drug-likeness (QED) is 0.159. The topological polar surface area (TPSA) is 234 Å². The minimum Gasteiger partial charge on any atom is -0.480 e. The van der Waals surface area contributed by atoms with Gasteiger partial charge >= 0.3 is 5.97 Å². The molecule has 0 saturated carbocycles. The van der Waals surface area contributed by atoms with Gasteiger partial charge in [0.05, 0.1) is 13.2 Å². The van der Waals surface area contributed by atoms with Gasteiger partial charge < -0.3 is 42.7 Å². The second-order valence-corrected chi connectivity index (χ2v) is 5.67. The molecule has 0 unspecified atom stereocenters. The molecule has 0 aliphatic carbocycles. The molecule has 0 radical (unpaired) electrons. The van der Waals surface area contributed by atoms with Crippen LogP contribution in [0.1, 0.15) is 19.8 Å². The normalized spacial score (nSPS) is 15.0. The van der Waals surface area contributed by atoms with Crippen LogP contribution in [-0.2, 0) is 24.0 Å². The first-order valence-electron chi connectivity index (χ1n) is 7.93. The Hall–Kier alpha value is -2.77. The average molecular weight is 391 g/mol. The number of aliphatic carboxylic acids is 1. The molecule has 0 aliphatic heterocycles. The van der Waals surface area contributed by atoms with E-state index in [1.54, 1.807) is 0 Å². The Kier molecular flexibility index (Phi) is 10.6. The standard InChI is InChI=1S/C14H25N5O8/c1-6(11(23)19-9(5-21)14(26)27)17-13(25)8(2-3-10(16)22)18-12(24)7(15)4-20/h6-9,20-21H,2-5,15H2,1H3,(H2,16,22)(H,17,25)(H,18,24)(H,19,23)(H,26,27)/t6-,7-,8-,9-/m0/s1. The zero-order valence-corrected chi connectivity index (χ0v) is 14.7. The first-order chi connectivity index (χ1) is 12.5. The van der Waals surface area contributed by atoms with Crippen LogP contribution in [0, 0.1) is 0 Å². The summed E-state index contributed by atoms with van der Waals surface area (Å²) in [5.74, 6) is -4.80. The van der Waals surface area contributed by atoms with Crippen LogP contribution in [0.2, 0.25) is 0 Å². The van der Waals surface area contributed by atoms with Crippen molar-refractivity contribution in [2.45, 2.75) is 43.9 Å². The van der Waals surface area contributed by atoms with Crippen LogP contribution < -0.4 is 27.4 Å². The van der Waals surface area contributed by atoms with Gasteiger partial charge in [-0.2, -0.15) is 0 Å². The summed E-state index contributed by atoms with van der Waals surface area (Å²) >= 11 is 0. The number of carboxylic acids is 1. The monoisotopic (exact) mass is 391 g/mol. The maximum Gasteiger partial charge on any atom is 0.328 e. The molecule has 13 nitrogen and oxygen atoms in total. The third-order valence-electron chi connectivity index (χ3n) is 3.40. The van der Waals surface area contributed by atoms with Gasteiger partial charge in [0.1, 0.15) is 24.2 Å². The Labute approximate surface area is 154 Å². The molecule has 0 bridgehead atoms. The number of primary amides is 1. The highest BCUT2D eigenvalue weighted by atomic mass is 16.4. The molecular weight excluding hydrogens is 366 g/mol. The maximum absolute atomic E-state index is 12.3. The molecule has 0 aliphatic rings. The summed E-state index contributed by atoms with van der Waals surface area (Å²) in [6.45, 7) is -0.277. The van der Waals surface area contributed by atoms with E-state index in [0.29, 0.717) is 0 Å². The number of hydrogen-bond acceptors (Lipinski definition) is 8. The largest absolute Gasteiger partial charge is 0.480 e. The fourth-order valence-corrected chi connectivity index (χ4v) is 1.78. The summed E-state index contributed by atoms with van der Waals surface area (Å²) in [4.78, 5) is 57.6. The van der Waals surface area contributed by atoms with Gasteiger partial charge in [0, 0.05) is 6.42 Å². The van der Waals surface area contributed by atoms with E-state index in [9.17, 15) is 24.0 Å². The first kappa shape index (κ1) is 24.2. The number of carboxylic acid groups (broad SMARTS) is 1. The van der Waals surface area contributed by atoms with Gasteiger partial charge in [-0.3, -0.25) is 19.2 Å². The van der Waals surface area contributed by atoms with E-state index in [4.69, 9.17) is 26.8 Å². The van der Waals surface area contributed by atoms with Gasteiger partial charge in [0.15, 0.2) is 0 Å². The zero-order chi connectivity index (χ0) is 21.1. The van der Waals surface area contributed by atoms with Gasteiger partial charge in [-0.15, -0.1) is 0 Å². The van der Waals surface area contributed by atoms with Crippen molar-refractivity contribution in [1.82, 2.24) is 16.0 Å². The number of amides is 4. The van der Waals surface area contributed by atoms with Crippen molar-refractivity contribution in [3.8, 4) is 0 Å². The van der Waals surface area contributed by atoms with E-state index in [-0.39, 0.29) is 12.8 Å². The van der Waals surface area contributed by atoms with Crippen LogP contribution in [-0.4, -0.2) is 82.3 Å². The molecule has 4 amide bonds.